The molecular weight excluding hydrogens is 300 g/mol. The number of halogens is 1. The molecule has 1 heterocycles. The van der Waals surface area contributed by atoms with Gasteiger partial charge in [-0.2, -0.15) is 4.98 Å². The molecule has 0 unspecified atom stereocenters. The fraction of sp³-hybridized carbons (Fsp3) is 0.0769. The van der Waals surface area contributed by atoms with Gasteiger partial charge in [0.15, 0.2) is 5.69 Å². The number of hydrogen-bond donors (Lipinski definition) is 1. The molecule has 0 atom stereocenters. The average Bonchev–Trinajstić information content (AvgIpc) is 2.42. The minimum atomic E-state index is -1.31. The smallest absolute Gasteiger partial charge is 0.354 e. The number of rotatable bonds is 4. The highest BCUT2D eigenvalue weighted by atomic mass is 35.5. The van der Waals surface area contributed by atoms with Crippen molar-refractivity contribution in [3.05, 3.63) is 56.7 Å². The van der Waals surface area contributed by atoms with Gasteiger partial charge in [0.1, 0.15) is 5.75 Å². The van der Waals surface area contributed by atoms with Gasteiger partial charge in [-0.3, -0.25) is 10.1 Å². The minimum Gasteiger partial charge on any atom is -0.477 e. The van der Waals surface area contributed by atoms with Crippen LogP contribution in [0.3, 0.4) is 0 Å². The number of carbonyl (C=O) groups is 1. The number of nitrogens with zero attached hydrogens (tertiary/aromatic N) is 2. The molecule has 0 saturated heterocycles. The summed E-state index contributed by atoms with van der Waals surface area (Å²) in [4.78, 5) is 24.8. The number of aromatic nitrogens is 1. The van der Waals surface area contributed by atoms with Gasteiger partial charge in [-0.15, -0.1) is 0 Å². The van der Waals surface area contributed by atoms with Crippen molar-refractivity contribution < 1.29 is 19.6 Å². The monoisotopic (exact) mass is 308 g/mol. The Morgan fingerprint density at radius 3 is 2.71 bits per heavy atom. The van der Waals surface area contributed by atoms with Crippen molar-refractivity contribution in [1.29, 1.82) is 0 Å². The zero-order valence-electron chi connectivity index (χ0n) is 10.7. The van der Waals surface area contributed by atoms with Crippen LogP contribution in [0.1, 0.15) is 16.1 Å². The third kappa shape index (κ3) is 3.26. The van der Waals surface area contributed by atoms with Gasteiger partial charge in [0.2, 0.25) is 0 Å². The molecule has 0 bridgehead atoms. The molecule has 2 rings (SSSR count). The standard InChI is InChI=1S/C13H9ClN2O5/c1-7-2-3-8(14)11(6-7)21-12-10(16(19)20)5-4-9(15-12)13(17)18/h2-6H,1H3,(H,17,18). The van der Waals surface area contributed by atoms with Crippen LogP contribution in [-0.2, 0) is 0 Å². The Labute approximate surface area is 123 Å². The average molecular weight is 309 g/mol. The second kappa shape index (κ2) is 5.76. The molecule has 2 aromatic rings. The fourth-order valence-electron chi connectivity index (χ4n) is 1.56. The van der Waals surface area contributed by atoms with Crippen LogP contribution >= 0.6 is 11.6 Å². The molecule has 0 amide bonds. The Balaban J connectivity index is 2.50. The van der Waals surface area contributed by atoms with Crippen LogP contribution in [0.4, 0.5) is 5.69 Å². The van der Waals surface area contributed by atoms with Crippen LogP contribution in [0.5, 0.6) is 11.6 Å². The summed E-state index contributed by atoms with van der Waals surface area (Å²) in [5.74, 6) is -1.58. The summed E-state index contributed by atoms with van der Waals surface area (Å²) in [7, 11) is 0. The number of nitro groups is 1. The first-order valence-corrected chi connectivity index (χ1v) is 6.09. The number of aromatic carboxylic acids is 1. The minimum absolute atomic E-state index is 0.162. The SMILES string of the molecule is Cc1ccc(Cl)c(Oc2nc(C(=O)O)ccc2[N+](=O)[O-])c1. The molecule has 0 aliphatic heterocycles. The van der Waals surface area contributed by atoms with Gasteiger partial charge in [0.25, 0.3) is 0 Å². The van der Waals surface area contributed by atoms with Crippen LogP contribution in [0.15, 0.2) is 30.3 Å². The quantitative estimate of drug-likeness (QED) is 0.685. The van der Waals surface area contributed by atoms with E-state index in [1.165, 1.54) is 0 Å². The lowest BCUT2D eigenvalue weighted by molar-refractivity contribution is -0.386. The maximum Gasteiger partial charge on any atom is 0.354 e. The Morgan fingerprint density at radius 2 is 2.10 bits per heavy atom. The lowest BCUT2D eigenvalue weighted by atomic mass is 10.2. The lowest BCUT2D eigenvalue weighted by Gasteiger charge is -2.08. The fourth-order valence-corrected chi connectivity index (χ4v) is 1.72. The second-order valence-electron chi connectivity index (χ2n) is 4.12. The first-order chi connectivity index (χ1) is 9.88. The van der Waals surface area contributed by atoms with E-state index in [0.29, 0.717) is 0 Å². The second-order valence-corrected chi connectivity index (χ2v) is 4.53. The summed E-state index contributed by atoms with van der Waals surface area (Å²) in [6.45, 7) is 1.79. The molecular formula is C13H9ClN2O5. The van der Waals surface area contributed by atoms with Crippen molar-refractivity contribution in [3.8, 4) is 11.6 Å². The molecule has 0 fully saturated rings. The summed E-state index contributed by atoms with van der Waals surface area (Å²) in [6.07, 6.45) is 0. The summed E-state index contributed by atoms with van der Waals surface area (Å²) in [6, 6.07) is 6.94. The Morgan fingerprint density at radius 1 is 1.38 bits per heavy atom. The molecule has 1 N–H and O–H groups in total. The number of ether oxygens (including phenoxy) is 1. The van der Waals surface area contributed by atoms with E-state index in [1.807, 2.05) is 0 Å². The highest BCUT2D eigenvalue weighted by Gasteiger charge is 2.21. The maximum absolute atomic E-state index is 11.0. The van der Waals surface area contributed by atoms with Gasteiger partial charge in [-0.25, -0.2) is 4.79 Å². The Kier molecular flexibility index (Phi) is 4.04. The van der Waals surface area contributed by atoms with Crippen LogP contribution in [-0.4, -0.2) is 21.0 Å². The normalized spacial score (nSPS) is 10.2. The predicted molar refractivity (Wildman–Crippen MR) is 74.1 cm³/mol. The van der Waals surface area contributed by atoms with Crippen molar-refractivity contribution in [2.45, 2.75) is 6.92 Å². The van der Waals surface area contributed by atoms with Crippen molar-refractivity contribution in [3.63, 3.8) is 0 Å². The van der Waals surface area contributed by atoms with Crippen molar-refractivity contribution in [2.24, 2.45) is 0 Å². The zero-order valence-corrected chi connectivity index (χ0v) is 11.5. The van der Waals surface area contributed by atoms with Crippen LogP contribution in [0.25, 0.3) is 0 Å². The van der Waals surface area contributed by atoms with E-state index < -0.39 is 22.5 Å². The zero-order chi connectivity index (χ0) is 15.6. The van der Waals surface area contributed by atoms with Crippen molar-refractivity contribution >= 4 is 23.3 Å². The van der Waals surface area contributed by atoms with Gasteiger partial charge < -0.3 is 9.84 Å². The van der Waals surface area contributed by atoms with Gasteiger partial charge in [0, 0.05) is 6.07 Å². The van der Waals surface area contributed by atoms with Crippen molar-refractivity contribution in [2.75, 3.05) is 0 Å². The molecule has 0 spiro atoms. The maximum atomic E-state index is 11.0. The number of carboxylic acid groups (broad SMARTS) is 1. The van der Waals surface area contributed by atoms with Crippen LogP contribution < -0.4 is 4.74 Å². The third-order valence-corrected chi connectivity index (χ3v) is 2.86. The third-order valence-electron chi connectivity index (χ3n) is 2.55. The van der Waals surface area contributed by atoms with E-state index in [9.17, 15) is 14.9 Å². The molecule has 1 aromatic carbocycles. The number of carboxylic acids is 1. The molecule has 0 saturated carbocycles. The molecule has 0 aliphatic carbocycles. The van der Waals surface area contributed by atoms with Gasteiger partial charge >= 0.3 is 17.5 Å². The molecule has 0 aliphatic rings. The first kappa shape index (κ1) is 14.7. The molecule has 8 heteroatoms. The van der Waals surface area contributed by atoms with Gasteiger partial charge in [0.05, 0.1) is 9.95 Å². The van der Waals surface area contributed by atoms with Crippen LogP contribution in [0.2, 0.25) is 5.02 Å². The summed E-state index contributed by atoms with van der Waals surface area (Å²) in [5.41, 5.74) is 0.0170. The van der Waals surface area contributed by atoms with Gasteiger partial charge in [-0.05, 0) is 30.7 Å². The highest BCUT2D eigenvalue weighted by Crippen LogP contribution is 2.34. The van der Waals surface area contributed by atoms with E-state index in [1.54, 1.807) is 25.1 Å². The topological polar surface area (TPSA) is 103 Å². The number of hydrogen-bond acceptors (Lipinski definition) is 5. The Bertz CT molecular complexity index is 732. The van der Waals surface area contributed by atoms with Crippen molar-refractivity contribution in [1.82, 2.24) is 4.98 Å². The number of pyridine rings is 1. The summed E-state index contributed by atoms with van der Waals surface area (Å²) in [5, 5.41) is 20.1. The van der Waals surface area contributed by atoms with Crippen LogP contribution in [0, 0.1) is 17.0 Å². The molecule has 0 radical (unpaired) electrons. The first-order valence-electron chi connectivity index (χ1n) is 5.71. The number of aryl methyl sites for hydroxylation is 1. The van der Waals surface area contributed by atoms with Gasteiger partial charge in [-0.1, -0.05) is 17.7 Å². The summed E-state index contributed by atoms with van der Waals surface area (Å²) >= 11 is 5.94. The highest BCUT2D eigenvalue weighted by molar-refractivity contribution is 6.32. The molecule has 21 heavy (non-hydrogen) atoms. The Hall–Kier alpha value is -2.67. The summed E-state index contributed by atoms with van der Waals surface area (Å²) < 4.78 is 5.33. The van der Waals surface area contributed by atoms with E-state index >= 15 is 0 Å². The van der Waals surface area contributed by atoms with E-state index in [2.05, 4.69) is 4.98 Å². The largest absolute Gasteiger partial charge is 0.477 e. The molecule has 1 aromatic heterocycles. The van der Waals surface area contributed by atoms with E-state index in [0.717, 1.165) is 17.7 Å². The number of benzene rings is 1. The predicted octanol–water partition coefficient (Wildman–Crippen LogP) is 3.44. The lowest BCUT2D eigenvalue weighted by Crippen LogP contribution is -2.04. The molecule has 7 nitrogen and oxygen atoms in total. The van der Waals surface area contributed by atoms with E-state index in [-0.39, 0.29) is 16.5 Å². The molecule has 108 valence electrons. The van der Waals surface area contributed by atoms with E-state index in [4.69, 9.17) is 21.4 Å².